The van der Waals surface area contributed by atoms with E-state index in [9.17, 15) is 14.7 Å². The van der Waals surface area contributed by atoms with E-state index in [1.165, 1.54) is 5.56 Å². The van der Waals surface area contributed by atoms with Gasteiger partial charge in [0.15, 0.2) is 0 Å². The maximum Gasteiger partial charge on any atom is 0.305 e. The van der Waals surface area contributed by atoms with Crippen molar-refractivity contribution in [1.29, 1.82) is 0 Å². The average Bonchev–Trinajstić information content (AvgIpc) is 2.62. The zero-order valence-electron chi connectivity index (χ0n) is 15.9. The van der Waals surface area contributed by atoms with Gasteiger partial charge in [-0.25, -0.2) is 0 Å². The predicted molar refractivity (Wildman–Crippen MR) is 105 cm³/mol. The van der Waals surface area contributed by atoms with Crippen molar-refractivity contribution in [2.45, 2.75) is 51.7 Å². The Balaban J connectivity index is 1.92. The molecule has 2 rings (SSSR count). The third kappa shape index (κ3) is 7.52. The van der Waals surface area contributed by atoms with Crippen LogP contribution in [-0.4, -0.2) is 23.1 Å². The number of ether oxygens (including phenoxy) is 1. The Hall–Kier alpha value is -2.82. The van der Waals surface area contributed by atoms with E-state index in [-0.39, 0.29) is 18.4 Å². The lowest BCUT2D eigenvalue weighted by atomic mass is 10.0. The number of aryl methyl sites for hydroxylation is 1. The molecule has 27 heavy (non-hydrogen) atoms. The minimum absolute atomic E-state index is 0.0648. The quantitative estimate of drug-likeness (QED) is 0.660. The number of nitrogens with one attached hydrogen (secondary N) is 1. The van der Waals surface area contributed by atoms with Gasteiger partial charge < -0.3 is 15.2 Å². The van der Waals surface area contributed by atoms with E-state index in [2.05, 4.69) is 5.32 Å². The van der Waals surface area contributed by atoms with Crippen molar-refractivity contribution in [3.63, 3.8) is 0 Å². The van der Waals surface area contributed by atoms with Crippen LogP contribution in [0.15, 0.2) is 54.6 Å². The minimum Gasteiger partial charge on any atom is -0.491 e. The molecule has 5 heteroatoms. The normalized spacial score (nSPS) is 11.8. The topological polar surface area (TPSA) is 75.6 Å². The Morgan fingerprint density at radius 1 is 1.04 bits per heavy atom. The van der Waals surface area contributed by atoms with Gasteiger partial charge in [0.05, 0.1) is 18.6 Å². The summed E-state index contributed by atoms with van der Waals surface area (Å²) in [5, 5.41) is 12.0. The molecule has 0 saturated carbocycles. The van der Waals surface area contributed by atoms with E-state index in [0.29, 0.717) is 6.42 Å². The van der Waals surface area contributed by atoms with E-state index >= 15 is 0 Å². The van der Waals surface area contributed by atoms with Gasteiger partial charge in [-0.05, 0) is 49.9 Å². The molecule has 1 amide bonds. The molecule has 2 aromatic rings. The van der Waals surface area contributed by atoms with Crippen LogP contribution in [-0.2, 0) is 16.0 Å². The monoisotopic (exact) mass is 369 g/mol. The number of aliphatic carboxylic acids is 1. The number of carbonyl (C=O) groups excluding carboxylic acids is 1. The SMILES string of the molecule is CC(C)Oc1ccc(C(CC(=O)O)NC(=O)CCCc2ccccc2)cc1. The lowest BCUT2D eigenvalue weighted by Crippen LogP contribution is -2.30. The number of carboxylic acids is 1. The number of hydrogen-bond acceptors (Lipinski definition) is 3. The van der Waals surface area contributed by atoms with Crippen LogP contribution in [0.2, 0.25) is 0 Å². The molecule has 0 radical (unpaired) electrons. The summed E-state index contributed by atoms with van der Waals surface area (Å²) in [6, 6.07) is 16.6. The smallest absolute Gasteiger partial charge is 0.305 e. The summed E-state index contributed by atoms with van der Waals surface area (Å²) >= 11 is 0. The first-order valence-corrected chi connectivity index (χ1v) is 9.25. The van der Waals surface area contributed by atoms with Gasteiger partial charge in [0.25, 0.3) is 0 Å². The first-order valence-electron chi connectivity index (χ1n) is 9.25. The van der Waals surface area contributed by atoms with E-state index in [4.69, 9.17) is 4.74 Å². The summed E-state index contributed by atoms with van der Waals surface area (Å²) in [7, 11) is 0. The van der Waals surface area contributed by atoms with Crippen LogP contribution in [0.5, 0.6) is 5.75 Å². The summed E-state index contributed by atoms with van der Waals surface area (Å²) in [5.74, 6) is -0.371. The fourth-order valence-corrected chi connectivity index (χ4v) is 2.84. The average molecular weight is 369 g/mol. The highest BCUT2D eigenvalue weighted by Gasteiger charge is 2.18. The highest BCUT2D eigenvalue weighted by molar-refractivity contribution is 5.77. The van der Waals surface area contributed by atoms with Crippen molar-refractivity contribution >= 4 is 11.9 Å². The Morgan fingerprint density at radius 2 is 1.70 bits per heavy atom. The number of amides is 1. The molecule has 1 unspecified atom stereocenters. The van der Waals surface area contributed by atoms with Crippen LogP contribution >= 0.6 is 0 Å². The van der Waals surface area contributed by atoms with Gasteiger partial charge in [-0.2, -0.15) is 0 Å². The Kier molecular flexibility index (Phi) is 7.86. The number of carbonyl (C=O) groups is 2. The molecule has 144 valence electrons. The summed E-state index contributed by atoms with van der Waals surface area (Å²) in [6.45, 7) is 3.88. The highest BCUT2D eigenvalue weighted by atomic mass is 16.5. The van der Waals surface area contributed by atoms with Crippen LogP contribution in [0.25, 0.3) is 0 Å². The molecule has 0 bridgehead atoms. The molecule has 0 heterocycles. The van der Waals surface area contributed by atoms with E-state index in [0.717, 1.165) is 24.2 Å². The van der Waals surface area contributed by atoms with Crippen molar-refractivity contribution in [3.8, 4) is 5.75 Å². The lowest BCUT2D eigenvalue weighted by Gasteiger charge is -2.18. The molecule has 0 aliphatic heterocycles. The first kappa shape index (κ1) is 20.5. The fourth-order valence-electron chi connectivity index (χ4n) is 2.84. The standard InChI is InChI=1S/C22H27NO4/c1-16(2)27-19-13-11-18(12-14-19)20(15-22(25)26)23-21(24)10-6-9-17-7-4-3-5-8-17/h3-5,7-8,11-14,16,20H,6,9-10,15H2,1-2H3,(H,23,24)(H,25,26). The van der Waals surface area contributed by atoms with E-state index < -0.39 is 12.0 Å². The van der Waals surface area contributed by atoms with Crippen LogP contribution in [0.1, 0.15) is 50.3 Å². The minimum atomic E-state index is -0.952. The third-order valence-corrected chi connectivity index (χ3v) is 4.08. The van der Waals surface area contributed by atoms with Crippen LogP contribution in [0.4, 0.5) is 0 Å². The van der Waals surface area contributed by atoms with Gasteiger partial charge in [0.2, 0.25) is 5.91 Å². The Morgan fingerprint density at radius 3 is 2.30 bits per heavy atom. The second-order valence-corrected chi connectivity index (χ2v) is 6.79. The highest BCUT2D eigenvalue weighted by Crippen LogP contribution is 2.21. The molecule has 2 N–H and O–H groups in total. The number of rotatable bonds is 10. The Bertz CT molecular complexity index is 726. The number of benzene rings is 2. The van der Waals surface area contributed by atoms with Crippen molar-refractivity contribution in [1.82, 2.24) is 5.32 Å². The second-order valence-electron chi connectivity index (χ2n) is 6.79. The molecule has 2 aromatic carbocycles. The van der Waals surface area contributed by atoms with Crippen molar-refractivity contribution in [2.24, 2.45) is 0 Å². The summed E-state index contributed by atoms with van der Waals surface area (Å²) in [4.78, 5) is 23.5. The van der Waals surface area contributed by atoms with Crippen LogP contribution in [0, 0.1) is 0 Å². The van der Waals surface area contributed by atoms with Gasteiger partial charge in [-0.15, -0.1) is 0 Å². The molecule has 5 nitrogen and oxygen atoms in total. The molecular formula is C22H27NO4. The molecule has 0 spiro atoms. The summed E-state index contributed by atoms with van der Waals surface area (Å²) in [5.41, 5.74) is 1.94. The fraction of sp³-hybridized carbons (Fsp3) is 0.364. The Labute approximate surface area is 160 Å². The molecule has 0 aliphatic carbocycles. The number of hydrogen-bond donors (Lipinski definition) is 2. The molecule has 0 fully saturated rings. The number of carboxylic acid groups (broad SMARTS) is 1. The van der Waals surface area contributed by atoms with Gasteiger partial charge in [-0.1, -0.05) is 42.5 Å². The second kappa shape index (κ2) is 10.4. The van der Waals surface area contributed by atoms with Crippen molar-refractivity contribution < 1.29 is 19.4 Å². The predicted octanol–water partition coefficient (Wildman–Crippen LogP) is 4.13. The molecule has 0 aliphatic rings. The summed E-state index contributed by atoms with van der Waals surface area (Å²) < 4.78 is 5.60. The molecule has 1 atom stereocenters. The van der Waals surface area contributed by atoms with Gasteiger partial charge in [-0.3, -0.25) is 9.59 Å². The maximum absolute atomic E-state index is 12.3. The lowest BCUT2D eigenvalue weighted by molar-refractivity contribution is -0.137. The summed E-state index contributed by atoms with van der Waals surface area (Å²) in [6.07, 6.45) is 1.81. The largest absolute Gasteiger partial charge is 0.491 e. The molecule has 0 aromatic heterocycles. The van der Waals surface area contributed by atoms with E-state index in [1.54, 1.807) is 24.3 Å². The van der Waals surface area contributed by atoms with E-state index in [1.807, 2.05) is 44.2 Å². The van der Waals surface area contributed by atoms with Gasteiger partial charge in [0.1, 0.15) is 5.75 Å². The van der Waals surface area contributed by atoms with Crippen molar-refractivity contribution in [2.75, 3.05) is 0 Å². The zero-order chi connectivity index (χ0) is 19.6. The first-order chi connectivity index (χ1) is 12.9. The zero-order valence-corrected chi connectivity index (χ0v) is 15.9. The van der Waals surface area contributed by atoms with Crippen LogP contribution in [0.3, 0.4) is 0 Å². The molecule has 0 saturated heterocycles. The van der Waals surface area contributed by atoms with Crippen LogP contribution < -0.4 is 10.1 Å². The maximum atomic E-state index is 12.3. The third-order valence-electron chi connectivity index (χ3n) is 4.08. The van der Waals surface area contributed by atoms with Crippen molar-refractivity contribution in [3.05, 3.63) is 65.7 Å². The van der Waals surface area contributed by atoms with Gasteiger partial charge >= 0.3 is 5.97 Å². The van der Waals surface area contributed by atoms with Gasteiger partial charge in [0, 0.05) is 6.42 Å². The molecular weight excluding hydrogens is 342 g/mol.